The molecule has 1 aliphatic rings. The molecule has 0 saturated carbocycles. The quantitative estimate of drug-likeness (QED) is 0.899. The lowest BCUT2D eigenvalue weighted by Gasteiger charge is -2.29. The molecule has 1 unspecified atom stereocenters. The number of hydrogen-bond acceptors (Lipinski definition) is 3. The van der Waals surface area contributed by atoms with Gasteiger partial charge in [0.1, 0.15) is 5.82 Å². The first-order valence-electron chi connectivity index (χ1n) is 7.33. The fourth-order valence-electron chi connectivity index (χ4n) is 2.80. The van der Waals surface area contributed by atoms with Gasteiger partial charge in [0.05, 0.1) is 6.54 Å². The van der Waals surface area contributed by atoms with Crippen molar-refractivity contribution in [2.75, 3.05) is 13.1 Å². The largest absolute Gasteiger partial charge is 0.333 e. The second-order valence-corrected chi connectivity index (χ2v) is 5.56. The number of imidazole rings is 1. The summed E-state index contributed by atoms with van der Waals surface area (Å²) in [5.41, 5.74) is 7.65. The molecular formula is C16H22N4. The Balaban J connectivity index is 1.46. The van der Waals surface area contributed by atoms with E-state index in [1.165, 1.54) is 5.56 Å². The van der Waals surface area contributed by atoms with Crippen molar-refractivity contribution in [2.24, 2.45) is 5.73 Å². The second-order valence-electron chi connectivity index (χ2n) is 5.56. The molecule has 0 fully saturated rings. The zero-order valence-electron chi connectivity index (χ0n) is 11.8. The van der Waals surface area contributed by atoms with Crippen LogP contribution in [0.5, 0.6) is 0 Å². The molecule has 20 heavy (non-hydrogen) atoms. The fourth-order valence-corrected chi connectivity index (χ4v) is 2.80. The van der Waals surface area contributed by atoms with Gasteiger partial charge in [0, 0.05) is 38.1 Å². The number of fused-ring (bicyclic) bond motifs is 1. The molecule has 106 valence electrons. The number of aryl methyl sites for hydroxylation is 1. The van der Waals surface area contributed by atoms with Gasteiger partial charge in [-0.25, -0.2) is 4.98 Å². The summed E-state index contributed by atoms with van der Waals surface area (Å²) in [5, 5.41) is 0. The van der Waals surface area contributed by atoms with Crippen LogP contribution in [0.2, 0.25) is 0 Å². The molecule has 2 N–H and O–H groups in total. The number of aromatic nitrogens is 2. The standard InChI is InChI=1S/C16H22N4/c17-15(7-6-14-4-2-1-3-5-14)12-19-10-11-20-9-8-18-16(20)13-19/h1-5,8-9,15H,6-7,10-13,17H2. The highest BCUT2D eigenvalue weighted by molar-refractivity contribution is 5.14. The maximum Gasteiger partial charge on any atom is 0.122 e. The van der Waals surface area contributed by atoms with Gasteiger partial charge >= 0.3 is 0 Å². The summed E-state index contributed by atoms with van der Waals surface area (Å²) in [6.07, 6.45) is 6.04. The highest BCUT2D eigenvalue weighted by atomic mass is 15.2. The van der Waals surface area contributed by atoms with Crippen LogP contribution in [0.4, 0.5) is 0 Å². The van der Waals surface area contributed by atoms with Crippen LogP contribution in [0, 0.1) is 0 Å². The molecule has 0 bridgehead atoms. The molecule has 0 amide bonds. The third kappa shape index (κ3) is 3.26. The summed E-state index contributed by atoms with van der Waals surface area (Å²) in [4.78, 5) is 6.80. The lowest BCUT2D eigenvalue weighted by Crippen LogP contribution is -2.42. The van der Waals surface area contributed by atoms with Crippen molar-refractivity contribution in [3.63, 3.8) is 0 Å². The van der Waals surface area contributed by atoms with E-state index in [0.29, 0.717) is 0 Å². The normalized spacial score (nSPS) is 16.9. The molecule has 1 atom stereocenters. The maximum atomic E-state index is 6.28. The minimum atomic E-state index is 0.233. The zero-order chi connectivity index (χ0) is 13.8. The Labute approximate surface area is 120 Å². The first-order valence-corrected chi connectivity index (χ1v) is 7.33. The van der Waals surface area contributed by atoms with Crippen molar-refractivity contribution in [1.29, 1.82) is 0 Å². The van der Waals surface area contributed by atoms with Crippen molar-refractivity contribution in [1.82, 2.24) is 14.5 Å². The van der Waals surface area contributed by atoms with E-state index in [0.717, 1.165) is 44.8 Å². The molecule has 3 rings (SSSR count). The van der Waals surface area contributed by atoms with E-state index in [2.05, 4.69) is 51.0 Å². The van der Waals surface area contributed by atoms with Gasteiger partial charge in [0.2, 0.25) is 0 Å². The van der Waals surface area contributed by atoms with Crippen molar-refractivity contribution in [2.45, 2.75) is 32.0 Å². The van der Waals surface area contributed by atoms with Crippen LogP contribution in [0.3, 0.4) is 0 Å². The van der Waals surface area contributed by atoms with Crippen LogP contribution < -0.4 is 5.73 Å². The predicted molar refractivity (Wildman–Crippen MR) is 80.2 cm³/mol. The van der Waals surface area contributed by atoms with Crippen LogP contribution in [0.25, 0.3) is 0 Å². The monoisotopic (exact) mass is 270 g/mol. The molecule has 4 nitrogen and oxygen atoms in total. The number of rotatable bonds is 5. The minimum absolute atomic E-state index is 0.233. The molecular weight excluding hydrogens is 248 g/mol. The smallest absolute Gasteiger partial charge is 0.122 e. The molecule has 2 aromatic rings. The average molecular weight is 270 g/mol. The van der Waals surface area contributed by atoms with E-state index >= 15 is 0 Å². The summed E-state index contributed by atoms with van der Waals surface area (Å²) in [6, 6.07) is 10.8. The second kappa shape index (κ2) is 6.20. The SMILES string of the molecule is NC(CCc1ccccc1)CN1CCn2ccnc2C1. The van der Waals surface area contributed by atoms with Crippen LogP contribution in [0.15, 0.2) is 42.7 Å². The van der Waals surface area contributed by atoms with E-state index in [9.17, 15) is 0 Å². The first-order chi connectivity index (χ1) is 9.81. The van der Waals surface area contributed by atoms with E-state index in [1.807, 2.05) is 6.20 Å². The molecule has 0 saturated heterocycles. The van der Waals surface area contributed by atoms with E-state index < -0.39 is 0 Å². The summed E-state index contributed by atoms with van der Waals surface area (Å²) >= 11 is 0. The third-order valence-electron chi connectivity index (χ3n) is 3.96. The summed E-state index contributed by atoms with van der Waals surface area (Å²) < 4.78 is 2.23. The summed E-state index contributed by atoms with van der Waals surface area (Å²) in [7, 11) is 0. The lowest BCUT2D eigenvalue weighted by molar-refractivity contribution is 0.202. The number of nitrogens with two attached hydrogens (primary N) is 1. The Hall–Kier alpha value is -1.65. The van der Waals surface area contributed by atoms with Crippen LogP contribution in [-0.2, 0) is 19.5 Å². The van der Waals surface area contributed by atoms with Gasteiger partial charge in [-0.05, 0) is 18.4 Å². The van der Waals surface area contributed by atoms with Crippen LogP contribution in [-0.4, -0.2) is 33.6 Å². The molecule has 1 aromatic carbocycles. The van der Waals surface area contributed by atoms with E-state index in [4.69, 9.17) is 5.73 Å². The molecule has 0 aliphatic carbocycles. The number of nitrogens with zero attached hydrogens (tertiary/aromatic N) is 3. The number of benzene rings is 1. The van der Waals surface area contributed by atoms with Crippen LogP contribution in [0.1, 0.15) is 17.8 Å². The van der Waals surface area contributed by atoms with Gasteiger partial charge in [0.25, 0.3) is 0 Å². The lowest BCUT2D eigenvalue weighted by atomic mass is 10.1. The Morgan fingerprint density at radius 3 is 2.90 bits per heavy atom. The Kier molecular flexibility index (Phi) is 4.14. The highest BCUT2D eigenvalue weighted by Gasteiger charge is 2.18. The van der Waals surface area contributed by atoms with Crippen molar-refractivity contribution in [3.8, 4) is 0 Å². The van der Waals surface area contributed by atoms with E-state index in [-0.39, 0.29) is 6.04 Å². The first kappa shape index (κ1) is 13.3. The van der Waals surface area contributed by atoms with Crippen molar-refractivity contribution < 1.29 is 0 Å². The Bertz CT molecular complexity index is 534. The topological polar surface area (TPSA) is 47.1 Å². The minimum Gasteiger partial charge on any atom is -0.333 e. The molecule has 1 aromatic heterocycles. The van der Waals surface area contributed by atoms with Gasteiger partial charge in [-0.3, -0.25) is 4.90 Å². The average Bonchev–Trinajstić information content (AvgIpc) is 2.94. The van der Waals surface area contributed by atoms with Crippen LogP contribution >= 0.6 is 0 Å². The fraction of sp³-hybridized carbons (Fsp3) is 0.438. The van der Waals surface area contributed by atoms with Gasteiger partial charge in [0.15, 0.2) is 0 Å². The predicted octanol–water partition coefficient (Wildman–Crippen LogP) is 1.66. The van der Waals surface area contributed by atoms with Gasteiger partial charge in [-0.2, -0.15) is 0 Å². The van der Waals surface area contributed by atoms with Gasteiger partial charge in [-0.15, -0.1) is 0 Å². The molecule has 0 spiro atoms. The number of hydrogen-bond donors (Lipinski definition) is 1. The molecule has 4 heteroatoms. The summed E-state index contributed by atoms with van der Waals surface area (Å²) in [6.45, 7) is 3.98. The summed E-state index contributed by atoms with van der Waals surface area (Å²) in [5.74, 6) is 1.16. The maximum absolute atomic E-state index is 6.28. The Morgan fingerprint density at radius 2 is 2.05 bits per heavy atom. The molecule has 0 radical (unpaired) electrons. The van der Waals surface area contributed by atoms with Gasteiger partial charge in [-0.1, -0.05) is 30.3 Å². The third-order valence-corrected chi connectivity index (χ3v) is 3.96. The molecule has 2 heterocycles. The Morgan fingerprint density at radius 1 is 1.20 bits per heavy atom. The zero-order valence-corrected chi connectivity index (χ0v) is 11.8. The molecule has 1 aliphatic heterocycles. The van der Waals surface area contributed by atoms with Gasteiger partial charge < -0.3 is 10.3 Å². The van der Waals surface area contributed by atoms with Crippen molar-refractivity contribution in [3.05, 3.63) is 54.1 Å². The highest BCUT2D eigenvalue weighted by Crippen LogP contribution is 2.11. The van der Waals surface area contributed by atoms with Crippen molar-refractivity contribution >= 4 is 0 Å². The van der Waals surface area contributed by atoms with E-state index in [1.54, 1.807) is 0 Å².